The summed E-state index contributed by atoms with van der Waals surface area (Å²) in [7, 11) is 0. The van der Waals surface area contributed by atoms with Gasteiger partial charge in [0.25, 0.3) is 11.8 Å². The lowest BCUT2D eigenvalue weighted by Crippen LogP contribution is -2.36. The highest BCUT2D eigenvalue weighted by Gasteiger charge is 2.30. The van der Waals surface area contributed by atoms with Gasteiger partial charge in [0, 0.05) is 22.6 Å². The molecule has 2 amide bonds. The Bertz CT molecular complexity index is 1250. The Kier molecular flexibility index (Phi) is 5.22. The minimum atomic E-state index is -0.403. The number of aromatic nitrogens is 2. The summed E-state index contributed by atoms with van der Waals surface area (Å²) < 4.78 is 0. The molecule has 5 rings (SSSR count). The fourth-order valence-electron chi connectivity index (χ4n) is 2.97. The minimum Gasteiger partial charge on any atom is -0.271 e. The second-order valence-electron chi connectivity index (χ2n) is 6.13. The zero-order chi connectivity index (χ0) is 19.3. The van der Waals surface area contributed by atoms with Gasteiger partial charge in [-0.2, -0.15) is 16.3 Å². The Balaban J connectivity index is 0.00000205. The van der Waals surface area contributed by atoms with Crippen molar-refractivity contribution in [3.05, 3.63) is 51.4 Å². The number of nitrogens with one attached hydrogen (secondary N) is 1. The molecule has 0 atom stereocenters. The molecule has 0 fully saturated rings. The van der Waals surface area contributed by atoms with Crippen LogP contribution in [0, 0.1) is 0 Å². The van der Waals surface area contributed by atoms with Gasteiger partial charge < -0.3 is 0 Å². The van der Waals surface area contributed by atoms with Gasteiger partial charge in [-0.05, 0) is 40.8 Å². The first kappa shape index (κ1) is 19.7. The number of fused-ring (bicyclic) bond motifs is 1. The van der Waals surface area contributed by atoms with Crippen molar-refractivity contribution in [2.75, 3.05) is 5.43 Å². The average Bonchev–Trinajstić information content (AvgIpc) is 3.46. The molecule has 1 aliphatic rings. The van der Waals surface area contributed by atoms with Crippen molar-refractivity contribution in [2.45, 2.75) is 6.92 Å². The first-order valence-electron chi connectivity index (χ1n) is 8.31. The monoisotopic (exact) mass is 460 g/mol. The van der Waals surface area contributed by atoms with Gasteiger partial charge in [-0.25, -0.2) is 9.97 Å². The molecule has 0 bridgehead atoms. The third-order valence-electron chi connectivity index (χ3n) is 4.33. The third kappa shape index (κ3) is 3.36. The maximum atomic E-state index is 12.4. The molecule has 4 aromatic heterocycles. The van der Waals surface area contributed by atoms with Crippen molar-refractivity contribution < 1.29 is 9.59 Å². The largest absolute Gasteiger partial charge is 0.275 e. The lowest BCUT2D eigenvalue weighted by atomic mass is 10.1. The van der Waals surface area contributed by atoms with Crippen LogP contribution < -0.4 is 5.43 Å². The van der Waals surface area contributed by atoms with Crippen LogP contribution >= 0.6 is 46.4 Å². The first-order chi connectivity index (χ1) is 13.6. The number of hydrogen-bond donors (Lipinski definition) is 1. The number of halogens is 1. The fraction of sp³-hybridized carbons (Fsp3) is 0.0526. The van der Waals surface area contributed by atoms with Gasteiger partial charge in [0.2, 0.25) is 0 Å². The molecule has 0 saturated heterocycles. The Morgan fingerprint density at radius 2 is 1.93 bits per heavy atom. The summed E-state index contributed by atoms with van der Waals surface area (Å²) in [5.41, 5.74) is 5.38. The number of hydrazine groups is 1. The normalized spacial score (nSPS) is 13.7. The van der Waals surface area contributed by atoms with Crippen LogP contribution in [0.1, 0.15) is 6.92 Å². The molecule has 0 spiro atoms. The molecule has 4 aromatic rings. The Labute approximate surface area is 183 Å². The zero-order valence-corrected chi connectivity index (χ0v) is 18.2. The number of thiophene rings is 3. The second-order valence-corrected chi connectivity index (χ2v) is 8.72. The molecule has 0 unspecified atom stereocenters. The molecule has 1 aliphatic heterocycles. The molecular formula is C19H13ClN4O2S3. The zero-order valence-electron chi connectivity index (χ0n) is 14.9. The first-order valence-corrected chi connectivity index (χ1v) is 11.0. The molecule has 0 aromatic carbocycles. The summed E-state index contributed by atoms with van der Waals surface area (Å²) in [6.45, 7) is 1.62. The molecule has 146 valence electrons. The maximum Gasteiger partial charge on any atom is 0.275 e. The number of nitrogens with zero attached hydrogens (tertiary/aromatic N) is 3. The molecule has 0 saturated carbocycles. The summed E-state index contributed by atoms with van der Waals surface area (Å²) >= 11 is 4.66. The van der Waals surface area contributed by atoms with Crippen LogP contribution in [0.2, 0.25) is 0 Å². The van der Waals surface area contributed by atoms with Crippen LogP contribution in [0.4, 0.5) is 5.82 Å². The quantitative estimate of drug-likeness (QED) is 0.423. The Morgan fingerprint density at radius 1 is 1.07 bits per heavy atom. The predicted molar refractivity (Wildman–Crippen MR) is 121 cm³/mol. The lowest BCUT2D eigenvalue weighted by Gasteiger charge is -2.17. The van der Waals surface area contributed by atoms with Crippen LogP contribution in [-0.2, 0) is 9.59 Å². The number of imide groups is 1. The van der Waals surface area contributed by atoms with Gasteiger partial charge in [-0.15, -0.1) is 35.1 Å². The van der Waals surface area contributed by atoms with E-state index in [4.69, 9.17) is 4.98 Å². The van der Waals surface area contributed by atoms with Crippen LogP contribution in [0.25, 0.3) is 32.0 Å². The van der Waals surface area contributed by atoms with E-state index in [0.717, 1.165) is 31.2 Å². The molecule has 6 nitrogen and oxygen atoms in total. The van der Waals surface area contributed by atoms with Gasteiger partial charge in [-0.3, -0.25) is 15.0 Å². The van der Waals surface area contributed by atoms with Gasteiger partial charge in [-0.1, -0.05) is 6.07 Å². The van der Waals surface area contributed by atoms with E-state index in [9.17, 15) is 9.59 Å². The smallest absolute Gasteiger partial charge is 0.271 e. The van der Waals surface area contributed by atoms with E-state index < -0.39 is 5.91 Å². The molecule has 10 heteroatoms. The van der Waals surface area contributed by atoms with Crippen LogP contribution in [-0.4, -0.2) is 26.8 Å². The van der Waals surface area contributed by atoms with Crippen molar-refractivity contribution in [1.29, 1.82) is 0 Å². The summed E-state index contributed by atoms with van der Waals surface area (Å²) in [4.78, 5) is 35.7. The number of hydrogen-bond acceptors (Lipinski definition) is 8. The van der Waals surface area contributed by atoms with Crippen LogP contribution in [0.3, 0.4) is 0 Å². The molecule has 29 heavy (non-hydrogen) atoms. The highest BCUT2D eigenvalue weighted by Crippen LogP contribution is 2.39. The van der Waals surface area contributed by atoms with E-state index in [0.29, 0.717) is 17.2 Å². The van der Waals surface area contributed by atoms with E-state index in [1.54, 1.807) is 18.3 Å². The number of carbonyl (C=O) groups is 2. The topological polar surface area (TPSA) is 75.2 Å². The number of rotatable bonds is 4. The highest BCUT2D eigenvalue weighted by atomic mass is 35.5. The van der Waals surface area contributed by atoms with Gasteiger partial charge >= 0.3 is 0 Å². The molecule has 0 radical (unpaired) electrons. The third-order valence-corrected chi connectivity index (χ3v) is 6.75. The van der Waals surface area contributed by atoms with Gasteiger partial charge in [0.15, 0.2) is 11.6 Å². The average molecular weight is 461 g/mol. The van der Waals surface area contributed by atoms with Crippen molar-refractivity contribution in [3.8, 4) is 21.8 Å². The summed E-state index contributed by atoms with van der Waals surface area (Å²) in [5.74, 6) is 0.231. The van der Waals surface area contributed by atoms with Crippen molar-refractivity contribution in [1.82, 2.24) is 15.0 Å². The van der Waals surface area contributed by atoms with E-state index in [2.05, 4.69) is 15.8 Å². The predicted octanol–water partition coefficient (Wildman–Crippen LogP) is 5.21. The van der Waals surface area contributed by atoms with Gasteiger partial charge in [0.05, 0.1) is 10.3 Å². The van der Waals surface area contributed by atoms with Gasteiger partial charge in [0.1, 0.15) is 4.83 Å². The Hall–Kier alpha value is -2.59. The van der Waals surface area contributed by atoms with Crippen molar-refractivity contribution in [3.63, 3.8) is 0 Å². The van der Waals surface area contributed by atoms with Crippen molar-refractivity contribution in [2.24, 2.45) is 0 Å². The standard InChI is InChI=1S/C19H12N4O2S3.ClH/c1-10-7-14(24)23(19(10)25)22-17-15-12(11-4-6-26-8-11)9-28-18(15)21-16(20-17)13-3-2-5-27-13;/h2-9H,1H3,(H,20,21,22);1H. The number of anilines is 1. The number of carbonyl (C=O) groups excluding carboxylic acids is 2. The number of amides is 2. The van der Waals surface area contributed by atoms with Crippen LogP contribution in [0.15, 0.2) is 51.4 Å². The van der Waals surface area contributed by atoms with Crippen LogP contribution in [0.5, 0.6) is 0 Å². The second kappa shape index (κ2) is 7.68. The molecule has 0 aliphatic carbocycles. The summed E-state index contributed by atoms with van der Waals surface area (Å²) in [6, 6.07) is 5.91. The van der Waals surface area contributed by atoms with E-state index in [1.165, 1.54) is 28.7 Å². The van der Waals surface area contributed by atoms with E-state index >= 15 is 0 Å². The highest BCUT2D eigenvalue weighted by molar-refractivity contribution is 7.17. The molecule has 5 heterocycles. The maximum absolute atomic E-state index is 12.4. The SMILES string of the molecule is CC1=CC(=O)N(Nc2nc(-c3cccs3)nc3scc(-c4ccsc4)c23)C1=O.Cl. The van der Waals surface area contributed by atoms with E-state index in [-0.39, 0.29) is 18.3 Å². The molecule has 1 N–H and O–H groups in total. The lowest BCUT2D eigenvalue weighted by molar-refractivity contribution is -0.135. The Morgan fingerprint density at radius 3 is 2.59 bits per heavy atom. The summed E-state index contributed by atoms with van der Waals surface area (Å²) in [6.07, 6.45) is 1.32. The van der Waals surface area contributed by atoms with Crippen molar-refractivity contribution >= 4 is 74.3 Å². The molecular weight excluding hydrogens is 448 g/mol. The summed E-state index contributed by atoms with van der Waals surface area (Å²) in [5, 5.41) is 9.85. The fourth-order valence-corrected chi connectivity index (χ4v) is 5.23. The van der Waals surface area contributed by atoms with E-state index in [1.807, 2.05) is 34.3 Å². The minimum absolute atomic E-state index is 0.